The van der Waals surface area contributed by atoms with Crippen LogP contribution in [0.4, 0.5) is 19.0 Å². The van der Waals surface area contributed by atoms with Crippen LogP contribution in [0, 0.1) is 0 Å². The van der Waals surface area contributed by atoms with E-state index in [2.05, 4.69) is 15.3 Å². The Morgan fingerprint density at radius 2 is 1.88 bits per heavy atom. The van der Waals surface area contributed by atoms with E-state index in [-0.39, 0.29) is 23.0 Å². The van der Waals surface area contributed by atoms with Crippen molar-refractivity contribution in [1.82, 2.24) is 9.97 Å². The molecule has 1 heterocycles. The summed E-state index contributed by atoms with van der Waals surface area (Å²) in [5.74, 6) is 0.598. The summed E-state index contributed by atoms with van der Waals surface area (Å²) in [5.41, 5.74) is 0.256. The molecule has 0 saturated heterocycles. The van der Waals surface area contributed by atoms with Gasteiger partial charge in [0.15, 0.2) is 0 Å². The van der Waals surface area contributed by atoms with Gasteiger partial charge >= 0.3 is 6.18 Å². The first-order valence-electron chi connectivity index (χ1n) is 7.66. The van der Waals surface area contributed by atoms with E-state index in [1.54, 1.807) is 0 Å². The van der Waals surface area contributed by atoms with Crippen LogP contribution in [-0.2, 0) is 12.6 Å². The van der Waals surface area contributed by atoms with Crippen LogP contribution in [0.5, 0.6) is 0 Å². The predicted molar refractivity (Wildman–Crippen MR) is 92.8 cm³/mol. The van der Waals surface area contributed by atoms with Gasteiger partial charge in [0.25, 0.3) is 0 Å². The number of hydrogen-bond donors (Lipinski definition) is 1. The number of hydrogen-bond acceptors (Lipinski definition) is 3. The summed E-state index contributed by atoms with van der Waals surface area (Å²) in [6.07, 6.45) is -2.83. The van der Waals surface area contributed by atoms with Gasteiger partial charge in [-0.15, -0.1) is 0 Å². The van der Waals surface area contributed by atoms with E-state index in [0.29, 0.717) is 5.82 Å². The van der Waals surface area contributed by atoms with Gasteiger partial charge in [0.2, 0.25) is 0 Å². The first-order valence-corrected chi connectivity index (χ1v) is 8.04. The Morgan fingerprint density at radius 3 is 2.64 bits per heavy atom. The standard InChI is InChI=1S/C18H15ClF3N3/c1-11(8-12-6-7-13(19)9-15(12)18(20,21)22)25-17-14-4-2-3-5-16(14)23-10-24-17/h2-7,9-11H,8H2,1H3,(H,23,24,25). The molecule has 3 rings (SSSR count). The van der Waals surface area contributed by atoms with Crippen LogP contribution in [0.3, 0.4) is 0 Å². The Labute approximate surface area is 147 Å². The van der Waals surface area contributed by atoms with Gasteiger partial charge in [0, 0.05) is 16.5 Å². The first kappa shape index (κ1) is 17.5. The normalized spacial score (nSPS) is 13.0. The van der Waals surface area contributed by atoms with Gasteiger partial charge in [0.1, 0.15) is 12.1 Å². The van der Waals surface area contributed by atoms with Gasteiger partial charge in [-0.05, 0) is 43.2 Å². The molecule has 3 nitrogen and oxygen atoms in total. The molecule has 0 aliphatic heterocycles. The Hall–Kier alpha value is -2.34. The summed E-state index contributed by atoms with van der Waals surface area (Å²) < 4.78 is 39.6. The zero-order chi connectivity index (χ0) is 18.0. The van der Waals surface area contributed by atoms with E-state index in [0.717, 1.165) is 17.0 Å². The minimum atomic E-state index is -4.44. The van der Waals surface area contributed by atoms with Gasteiger partial charge in [-0.3, -0.25) is 0 Å². The molecule has 3 aromatic rings. The number of para-hydroxylation sites is 1. The average molecular weight is 366 g/mol. The van der Waals surface area contributed by atoms with E-state index >= 15 is 0 Å². The lowest BCUT2D eigenvalue weighted by Gasteiger charge is -2.19. The molecule has 0 saturated carbocycles. The van der Waals surface area contributed by atoms with Crippen molar-refractivity contribution in [3.05, 3.63) is 64.9 Å². The topological polar surface area (TPSA) is 37.8 Å². The number of fused-ring (bicyclic) bond motifs is 1. The Bertz CT molecular complexity index is 891. The molecular weight excluding hydrogens is 351 g/mol. The molecule has 0 amide bonds. The number of nitrogens with zero attached hydrogens (tertiary/aromatic N) is 2. The van der Waals surface area contributed by atoms with Crippen LogP contribution < -0.4 is 5.32 Å². The lowest BCUT2D eigenvalue weighted by Crippen LogP contribution is -2.21. The van der Waals surface area contributed by atoms with Gasteiger partial charge in [-0.1, -0.05) is 29.8 Å². The molecule has 25 heavy (non-hydrogen) atoms. The van der Waals surface area contributed by atoms with Gasteiger partial charge < -0.3 is 5.32 Å². The fourth-order valence-electron chi connectivity index (χ4n) is 2.72. The number of aromatic nitrogens is 2. The van der Waals surface area contributed by atoms with Crippen molar-refractivity contribution < 1.29 is 13.2 Å². The van der Waals surface area contributed by atoms with E-state index in [1.165, 1.54) is 18.5 Å². The summed E-state index contributed by atoms with van der Waals surface area (Å²) in [7, 11) is 0. The highest BCUT2D eigenvalue weighted by Crippen LogP contribution is 2.34. The fourth-order valence-corrected chi connectivity index (χ4v) is 2.90. The number of alkyl halides is 3. The summed E-state index contributed by atoms with van der Waals surface area (Å²) in [5, 5.41) is 4.07. The minimum absolute atomic E-state index is 0.0680. The van der Waals surface area contributed by atoms with Crippen molar-refractivity contribution in [3.63, 3.8) is 0 Å². The highest BCUT2D eigenvalue weighted by atomic mass is 35.5. The quantitative estimate of drug-likeness (QED) is 0.677. The summed E-state index contributed by atoms with van der Waals surface area (Å²) >= 11 is 5.72. The monoisotopic (exact) mass is 365 g/mol. The third kappa shape index (κ3) is 4.02. The maximum absolute atomic E-state index is 13.2. The number of nitrogens with one attached hydrogen (secondary N) is 1. The number of benzene rings is 2. The van der Waals surface area contributed by atoms with Crippen LogP contribution in [0.1, 0.15) is 18.1 Å². The van der Waals surface area contributed by atoms with Crippen molar-refractivity contribution >= 4 is 28.3 Å². The molecule has 1 unspecified atom stereocenters. The fraction of sp³-hybridized carbons (Fsp3) is 0.222. The van der Waals surface area contributed by atoms with Crippen LogP contribution in [-0.4, -0.2) is 16.0 Å². The molecule has 1 aromatic heterocycles. The summed E-state index contributed by atoms with van der Waals surface area (Å²) in [4.78, 5) is 8.38. The zero-order valence-corrected chi connectivity index (χ0v) is 14.1. The molecule has 0 spiro atoms. The number of halogens is 4. The van der Waals surface area contributed by atoms with E-state index in [9.17, 15) is 13.2 Å². The predicted octanol–water partition coefficient (Wildman–Crippen LogP) is 5.35. The van der Waals surface area contributed by atoms with Gasteiger partial charge in [-0.25, -0.2) is 9.97 Å². The second-order valence-corrected chi connectivity index (χ2v) is 6.22. The maximum Gasteiger partial charge on any atom is 0.416 e. The maximum atomic E-state index is 13.2. The van der Waals surface area contributed by atoms with Crippen molar-refractivity contribution in [2.24, 2.45) is 0 Å². The molecule has 0 aliphatic rings. The van der Waals surface area contributed by atoms with Crippen molar-refractivity contribution in [2.75, 3.05) is 5.32 Å². The summed E-state index contributed by atoms with van der Waals surface area (Å²) in [6, 6.07) is 11.0. The van der Waals surface area contributed by atoms with Crippen LogP contribution in [0.15, 0.2) is 48.8 Å². The SMILES string of the molecule is CC(Cc1ccc(Cl)cc1C(F)(F)F)Nc1ncnc2ccccc12. The smallest absolute Gasteiger partial charge is 0.367 e. The highest BCUT2D eigenvalue weighted by molar-refractivity contribution is 6.30. The first-order chi connectivity index (χ1) is 11.8. The van der Waals surface area contributed by atoms with Crippen LogP contribution >= 0.6 is 11.6 Å². The molecule has 0 aliphatic carbocycles. The second kappa shape index (κ2) is 6.88. The Morgan fingerprint density at radius 1 is 1.12 bits per heavy atom. The lowest BCUT2D eigenvalue weighted by atomic mass is 10.0. The molecular formula is C18H15ClF3N3. The number of rotatable bonds is 4. The third-order valence-corrected chi connectivity index (χ3v) is 4.06. The van der Waals surface area contributed by atoms with Gasteiger partial charge in [0.05, 0.1) is 11.1 Å². The second-order valence-electron chi connectivity index (χ2n) is 5.79. The summed E-state index contributed by atoms with van der Waals surface area (Å²) in [6.45, 7) is 1.81. The molecule has 0 bridgehead atoms. The molecule has 1 N–H and O–H groups in total. The van der Waals surface area contributed by atoms with E-state index < -0.39 is 11.7 Å². The van der Waals surface area contributed by atoms with E-state index in [4.69, 9.17) is 11.6 Å². The van der Waals surface area contributed by atoms with Crippen LogP contribution in [0.25, 0.3) is 10.9 Å². The molecule has 130 valence electrons. The molecule has 0 fully saturated rings. The minimum Gasteiger partial charge on any atom is -0.367 e. The van der Waals surface area contributed by atoms with E-state index in [1.807, 2.05) is 31.2 Å². The molecule has 2 aromatic carbocycles. The zero-order valence-electron chi connectivity index (χ0n) is 13.3. The molecule has 1 atom stereocenters. The Balaban J connectivity index is 1.85. The highest BCUT2D eigenvalue weighted by Gasteiger charge is 2.33. The van der Waals surface area contributed by atoms with Gasteiger partial charge in [-0.2, -0.15) is 13.2 Å². The van der Waals surface area contributed by atoms with Crippen molar-refractivity contribution in [3.8, 4) is 0 Å². The molecule has 7 heteroatoms. The molecule has 0 radical (unpaired) electrons. The number of anilines is 1. The Kier molecular flexibility index (Phi) is 4.81. The van der Waals surface area contributed by atoms with Crippen molar-refractivity contribution in [1.29, 1.82) is 0 Å². The third-order valence-electron chi connectivity index (χ3n) is 3.83. The lowest BCUT2D eigenvalue weighted by molar-refractivity contribution is -0.138. The largest absolute Gasteiger partial charge is 0.416 e. The van der Waals surface area contributed by atoms with Crippen molar-refractivity contribution in [2.45, 2.75) is 25.6 Å². The van der Waals surface area contributed by atoms with Crippen LogP contribution in [0.2, 0.25) is 5.02 Å². The average Bonchev–Trinajstić information content (AvgIpc) is 2.56.